The molecular weight excluding hydrogens is 172 g/mol. The quantitative estimate of drug-likeness (QED) is 0.747. The smallest absolute Gasteiger partial charge is 0.0108 e. The van der Waals surface area contributed by atoms with E-state index in [2.05, 4.69) is 38.0 Å². The van der Waals surface area contributed by atoms with Crippen LogP contribution in [0.25, 0.3) is 0 Å². The summed E-state index contributed by atoms with van der Waals surface area (Å²) in [6.07, 6.45) is 4.01. The molecule has 0 radical (unpaired) electrons. The van der Waals surface area contributed by atoms with Gasteiger partial charge < -0.3 is 10.2 Å². The van der Waals surface area contributed by atoms with Crippen molar-refractivity contribution < 1.29 is 0 Å². The Morgan fingerprint density at radius 1 is 1.14 bits per heavy atom. The third-order valence-electron chi connectivity index (χ3n) is 3.73. The molecule has 1 N–H and O–H groups in total. The van der Waals surface area contributed by atoms with Crippen molar-refractivity contribution in [3.05, 3.63) is 0 Å². The first-order valence-electron chi connectivity index (χ1n) is 6.05. The summed E-state index contributed by atoms with van der Waals surface area (Å²) in [5.74, 6) is 0.760. The molecule has 0 aromatic heterocycles. The van der Waals surface area contributed by atoms with Crippen molar-refractivity contribution in [3.8, 4) is 0 Å². The lowest BCUT2D eigenvalue weighted by Gasteiger charge is -2.34. The van der Waals surface area contributed by atoms with Gasteiger partial charge >= 0.3 is 0 Å². The summed E-state index contributed by atoms with van der Waals surface area (Å²) < 4.78 is 0. The van der Waals surface area contributed by atoms with Crippen LogP contribution in [0, 0.1) is 5.92 Å². The molecule has 0 saturated carbocycles. The lowest BCUT2D eigenvalue weighted by atomic mass is 10.00. The molecule has 2 heteroatoms. The molecule has 0 spiro atoms. The average molecular weight is 198 g/mol. The first-order valence-corrected chi connectivity index (χ1v) is 6.05. The van der Waals surface area contributed by atoms with Crippen LogP contribution in [-0.2, 0) is 0 Å². The molecule has 1 fully saturated rings. The summed E-state index contributed by atoms with van der Waals surface area (Å²) in [6, 6.07) is 1.50. The molecule has 0 aliphatic carbocycles. The summed E-state index contributed by atoms with van der Waals surface area (Å²) in [7, 11) is 2.29. The molecule has 1 heterocycles. The predicted molar refractivity (Wildman–Crippen MR) is 62.6 cm³/mol. The fourth-order valence-corrected chi connectivity index (χ4v) is 2.21. The van der Waals surface area contributed by atoms with Gasteiger partial charge in [0.15, 0.2) is 0 Å². The Morgan fingerprint density at radius 2 is 1.86 bits per heavy atom. The van der Waals surface area contributed by atoms with Crippen molar-refractivity contribution >= 4 is 0 Å². The second-order valence-corrected chi connectivity index (χ2v) is 4.98. The van der Waals surface area contributed by atoms with Crippen LogP contribution in [0.15, 0.2) is 0 Å². The Labute approximate surface area is 89.1 Å². The largest absolute Gasteiger partial charge is 0.317 e. The van der Waals surface area contributed by atoms with Gasteiger partial charge in [0.1, 0.15) is 0 Å². The van der Waals surface area contributed by atoms with Crippen LogP contribution in [0.2, 0.25) is 0 Å². The molecule has 1 aliphatic heterocycles. The standard InChI is InChI=1S/C12H26N2/c1-10(2)11(3)14(4)12-6-5-8-13-9-7-12/h10-13H,5-9H2,1-4H3. The Morgan fingerprint density at radius 3 is 2.50 bits per heavy atom. The molecule has 1 rings (SSSR count). The number of nitrogens with zero attached hydrogens (tertiary/aromatic N) is 1. The average Bonchev–Trinajstić information content (AvgIpc) is 2.43. The van der Waals surface area contributed by atoms with E-state index in [-0.39, 0.29) is 0 Å². The van der Waals surface area contributed by atoms with Gasteiger partial charge in [0, 0.05) is 12.1 Å². The van der Waals surface area contributed by atoms with Crippen LogP contribution in [0.1, 0.15) is 40.0 Å². The van der Waals surface area contributed by atoms with E-state index < -0.39 is 0 Å². The van der Waals surface area contributed by atoms with Crippen molar-refractivity contribution in [2.24, 2.45) is 5.92 Å². The van der Waals surface area contributed by atoms with E-state index in [0.29, 0.717) is 6.04 Å². The summed E-state index contributed by atoms with van der Waals surface area (Å²) in [5, 5.41) is 3.47. The number of hydrogen-bond acceptors (Lipinski definition) is 2. The molecule has 2 nitrogen and oxygen atoms in total. The van der Waals surface area contributed by atoms with Gasteiger partial charge in [0.2, 0.25) is 0 Å². The van der Waals surface area contributed by atoms with Gasteiger partial charge in [-0.1, -0.05) is 13.8 Å². The minimum atomic E-state index is 0.707. The molecule has 2 unspecified atom stereocenters. The highest BCUT2D eigenvalue weighted by molar-refractivity contribution is 4.78. The summed E-state index contributed by atoms with van der Waals surface area (Å²) in [6.45, 7) is 9.38. The van der Waals surface area contributed by atoms with E-state index in [1.54, 1.807) is 0 Å². The number of nitrogens with one attached hydrogen (secondary N) is 1. The third-order valence-corrected chi connectivity index (χ3v) is 3.73. The monoisotopic (exact) mass is 198 g/mol. The Balaban J connectivity index is 2.44. The minimum absolute atomic E-state index is 0.707. The SMILES string of the molecule is CC(C)C(C)N(C)C1CCCNCC1. The van der Waals surface area contributed by atoms with E-state index in [1.807, 2.05) is 0 Å². The van der Waals surface area contributed by atoms with E-state index in [9.17, 15) is 0 Å². The zero-order chi connectivity index (χ0) is 10.6. The Hall–Kier alpha value is -0.0800. The highest BCUT2D eigenvalue weighted by Crippen LogP contribution is 2.18. The van der Waals surface area contributed by atoms with Crippen molar-refractivity contribution in [1.82, 2.24) is 10.2 Å². The molecule has 14 heavy (non-hydrogen) atoms. The van der Waals surface area contributed by atoms with E-state index in [1.165, 1.54) is 32.4 Å². The first-order chi connectivity index (χ1) is 6.63. The van der Waals surface area contributed by atoms with Crippen LogP contribution in [0.3, 0.4) is 0 Å². The fourth-order valence-electron chi connectivity index (χ4n) is 2.21. The minimum Gasteiger partial charge on any atom is -0.317 e. The Bertz CT molecular complexity index is 148. The molecule has 0 bridgehead atoms. The van der Waals surface area contributed by atoms with Gasteiger partial charge in [0.05, 0.1) is 0 Å². The highest BCUT2D eigenvalue weighted by Gasteiger charge is 2.22. The van der Waals surface area contributed by atoms with Crippen molar-refractivity contribution in [2.75, 3.05) is 20.1 Å². The van der Waals surface area contributed by atoms with Gasteiger partial charge in [-0.05, 0) is 52.2 Å². The van der Waals surface area contributed by atoms with E-state index in [4.69, 9.17) is 0 Å². The molecule has 0 amide bonds. The van der Waals surface area contributed by atoms with Crippen LogP contribution < -0.4 is 5.32 Å². The van der Waals surface area contributed by atoms with Crippen LogP contribution in [0.5, 0.6) is 0 Å². The zero-order valence-electron chi connectivity index (χ0n) is 10.2. The molecule has 0 aromatic rings. The maximum atomic E-state index is 3.47. The van der Waals surface area contributed by atoms with E-state index >= 15 is 0 Å². The van der Waals surface area contributed by atoms with E-state index in [0.717, 1.165) is 12.0 Å². The van der Waals surface area contributed by atoms with Gasteiger partial charge in [0.25, 0.3) is 0 Å². The van der Waals surface area contributed by atoms with Crippen molar-refractivity contribution in [3.63, 3.8) is 0 Å². The second-order valence-electron chi connectivity index (χ2n) is 4.98. The molecule has 84 valence electrons. The second kappa shape index (κ2) is 5.72. The first kappa shape index (κ1) is 12.0. The number of hydrogen-bond donors (Lipinski definition) is 1. The zero-order valence-corrected chi connectivity index (χ0v) is 10.2. The van der Waals surface area contributed by atoms with Gasteiger partial charge in [-0.3, -0.25) is 0 Å². The van der Waals surface area contributed by atoms with Crippen LogP contribution in [-0.4, -0.2) is 37.1 Å². The van der Waals surface area contributed by atoms with Gasteiger partial charge in [-0.25, -0.2) is 0 Å². The van der Waals surface area contributed by atoms with Gasteiger partial charge in [-0.2, -0.15) is 0 Å². The lowest BCUT2D eigenvalue weighted by molar-refractivity contribution is 0.137. The summed E-state index contributed by atoms with van der Waals surface area (Å²) in [5.41, 5.74) is 0. The topological polar surface area (TPSA) is 15.3 Å². The van der Waals surface area contributed by atoms with Crippen molar-refractivity contribution in [2.45, 2.75) is 52.1 Å². The maximum absolute atomic E-state index is 3.47. The Kier molecular flexibility index (Phi) is 4.90. The third kappa shape index (κ3) is 3.25. The van der Waals surface area contributed by atoms with Crippen LogP contribution in [0.4, 0.5) is 0 Å². The number of rotatable bonds is 3. The summed E-state index contributed by atoms with van der Waals surface area (Å²) in [4.78, 5) is 2.58. The molecule has 2 atom stereocenters. The molecular formula is C12H26N2. The lowest BCUT2D eigenvalue weighted by Crippen LogP contribution is -2.41. The predicted octanol–water partition coefficient (Wildman–Crippen LogP) is 2.10. The molecule has 1 saturated heterocycles. The summed E-state index contributed by atoms with van der Waals surface area (Å²) >= 11 is 0. The molecule has 0 aromatic carbocycles. The fraction of sp³-hybridized carbons (Fsp3) is 1.00. The normalized spacial score (nSPS) is 26.6. The molecule has 1 aliphatic rings. The van der Waals surface area contributed by atoms with Crippen LogP contribution >= 0.6 is 0 Å². The maximum Gasteiger partial charge on any atom is 0.0108 e. The van der Waals surface area contributed by atoms with Crippen molar-refractivity contribution in [1.29, 1.82) is 0 Å². The van der Waals surface area contributed by atoms with Gasteiger partial charge in [-0.15, -0.1) is 0 Å². The highest BCUT2D eigenvalue weighted by atomic mass is 15.2.